The van der Waals surface area contributed by atoms with Crippen LogP contribution in [0.5, 0.6) is 0 Å². The van der Waals surface area contributed by atoms with Gasteiger partial charge in [-0.2, -0.15) is 4.31 Å². The zero-order chi connectivity index (χ0) is 18.6. The predicted octanol–water partition coefficient (Wildman–Crippen LogP) is 2.16. The quantitative estimate of drug-likeness (QED) is 0.804. The van der Waals surface area contributed by atoms with Gasteiger partial charge in [-0.3, -0.25) is 4.79 Å². The molecule has 2 aromatic carbocycles. The second-order valence-electron chi connectivity index (χ2n) is 6.25. The molecule has 0 N–H and O–H groups in total. The maximum absolute atomic E-state index is 13.0. The first kappa shape index (κ1) is 18.5. The van der Waals surface area contributed by atoms with E-state index in [-0.39, 0.29) is 24.7 Å². The largest absolute Gasteiger partial charge is 0.336 e. The zero-order valence-corrected chi connectivity index (χ0v) is 15.2. The highest BCUT2D eigenvalue weighted by atomic mass is 32.2. The van der Waals surface area contributed by atoms with E-state index < -0.39 is 15.8 Å². The fraction of sp³-hybridized carbons (Fsp3) is 0.316. The highest BCUT2D eigenvalue weighted by molar-refractivity contribution is 7.89. The van der Waals surface area contributed by atoms with E-state index in [0.717, 1.165) is 5.56 Å². The Bertz CT molecular complexity index is 846. The number of nitrogens with zero attached hydrogens (tertiary/aromatic N) is 2. The van der Waals surface area contributed by atoms with E-state index in [0.29, 0.717) is 25.1 Å². The van der Waals surface area contributed by atoms with Crippen LogP contribution in [0.1, 0.15) is 15.9 Å². The number of aryl methyl sites for hydroxylation is 1. The van der Waals surface area contributed by atoms with E-state index in [9.17, 15) is 17.6 Å². The van der Waals surface area contributed by atoms with Crippen molar-refractivity contribution in [3.8, 4) is 0 Å². The molecule has 0 unspecified atom stereocenters. The normalized spacial score (nSPS) is 15.8. The molecule has 0 bridgehead atoms. The van der Waals surface area contributed by atoms with Crippen LogP contribution in [-0.2, 0) is 16.4 Å². The summed E-state index contributed by atoms with van der Waals surface area (Å²) in [4.78, 5) is 14.0. The monoisotopic (exact) mass is 376 g/mol. The summed E-state index contributed by atoms with van der Waals surface area (Å²) in [7, 11) is -3.36. The number of hydrogen-bond donors (Lipinski definition) is 0. The minimum atomic E-state index is -3.36. The maximum atomic E-state index is 13.0. The lowest BCUT2D eigenvalue weighted by Gasteiger charge is -2.34. The average molecular weight is 376 g/mol. The summed E-state index contributed by atoms with van der Waals surface area (Å²) in [5.74, 6) is -0.537. The predicted molar refractivity (Wildman–Crippen MR) is 97.8 cm³/mol. The Balaban J connectivity index is 1.55. The number of carbonyl (C=O) groups excluding carboxylic acids is 1. The molecule has 26 heavy (non-hydrogen) atoms. The van der Waals surface area contributed by atoms with Crippen LogP contribution in [0.2, 0.25) is 0 Å². The van der Waals surface area contributed by atoms with E-state index in [1.807, 2.05) is 30.3 Å². The summed E-state index contributed by atoms with van der Waals surface area (Å²) >= 11 is 0. The second-order valence-corrected chi connectivity index (χ2v) is 8.34. The van der Waals surface area contributed by atoms with Crippen molar-refractivity contribution in [2.24, 2.45) is 0 Å². The van der Waals surface area contributed by atoms with Gasteiger partial charge in [0, 0.05) is 31.7 Å². The van der Waals surface area contributed by atoms with Gasteiger partial charge in [-0.25, -0.2) is 12.8 Å². The molecule has 0 aliphatic carbocycles. The van der Waals surface area contributed by atoms with Gasteiger partial charge in [-0.1, -0.05) is 30.3 Å². The molecule has 1 fully saturated rings. The molecule has 138 valence electrons. The molecule has 0 radical (unpaired) electrons. The Morgan fingerprint density at radius 1 is 0.923 bits per heavy atom. The molecule has 0 aromatic heterocycles. The minimum Gasteiger partial charge on any atom is -0.336 e. The van der Waals surface area contributed by atoms with Crippen LogP contribution in [0.25, 0.3) is 0 Å². The molecule has 1 heterocycles. The lowest BCUT2D eigenvalue weighted by molar-refractivity contribution is 0.0698. The van der Waals surface area contributed by atoms with E-state index in [2.05, 4.69) is 0 Å². The van der Waals surface area contributed by atoms with E-state index in [4.69, 9.17) is 0 Å². The summed E-state index contributed by atoms with van der Waals surface area (Å²) in [5.41, 5.74) is 1.40. The summed E-state index contributed by atoms with van der Waals surface area (Å²) in [6.07, 6.45) is 0.470. The Labute approximate surface area is 153 Å². The van der Waals surface area contributed by atoms with Gasteiger partial charge in [-0.05, 0) is 36.2 Å². The second kappa shape index (κ2) is 7.97. The maximum Gasteiger partial charge on any atom is 0.253 e. The lowest BCUT2D eigenvalue weighted by atomic mass is 10.2. The standard InChI is InChI=1S/C19H21FN2O3S/c20-18-8-6-17(7-9-18)19(23)21-11-13-22(14-12-21)26(24,25)15-10-16-4-2-1-3-5-16/h1-9H,10-15H2. The molecule has 1 saturated heterocycles. The Morgan fingerprint density at radius 3 is 2.15 bits per heavy atom. The third-order valence-electron chi connectivity index (χ3n) is 4.50. The number of amides is 1. The fourth-order valence-electron chi connectivity index (χ4n) is 2.97. The SMILES string of the molecule is O=C(c1ccc(F)cc1)N1CCN(S(=O)(=O)CCc2ccccc2)CC1. The van der Waals surface area contributed by atoms with Crippen molar-refractivity contribution in [2.75, 3.05) is 31.9 Å². The van der Waals surface area contributed by atoms with Crippen molar-refractivity contribution in [3.63, 3.8) is 0 Å². The van der Waals surface area contributed by atoms with Gasteiger partial charge in [0.25, 0.3) is 5.91 Å². The first-order valence-electron chi connectivity index (χ1n) is 8.52. The molecule has 0 spiro atoms. The van der Waals surface area contributed by atoms with Gasteiger partial charge < -0.3 is 4.90 Å². The number of benzene rings is 2. The van der Waals surface area contributed by atoms with Gasteiger partial charge >= 0.3 is 0 Å². The molecular weight excluding hydrogens is 355 g/mol. The Morgan fingerprint density at radius 2 is 1.54 bits per heavy atom. The third-order valence-corrected chi connectivity index (χ3v) is 6.37. The van der Waals surface area contributed by atoms with E-state index in [1.54, 1.807) is 4.90 Å². The van der Waals surface area contributed by atoms with Crippen LogP contribution in [0.15, 0.2) is 54.6 Å². The van der Waals surface area contributed by atoms with Crippen molar-refractivity contribution in [1.82, 2.24) is 9.21 Å². The van der Waals surface area contributed by atoms with Crippen LogP contribution in [0.4, 0.5) is 4.39 Å². The van der Waals surface area contributed by atoms with Crippen LogP contribution in [-0.4, -0.2) is 55.5 Å². The first-order chi connectivity index (χ1) is 12.5. The van der Waals surface area contributed by atoms with Crippen molar-refractivity contribution in [3.05, 3.63) is 71.5 Å². The molecule has 7 heteroatoms. The molecule has 5 nitrogen and oxygen atoms in total. The van der Waals surface area contributed by atoms with Gasteiger partial charge in [-0.15, -0.1) is 0 Å². The average Bonchev–Trinajstić information content (AvgIpc) is 2.67. The molecule has 1 amide bonds. The highest BCUT2D eigenvalue weighted by Gasteiger charge is 2.29. The van der Waals surface area contributed by atoms with E-state index >= 15 is 0 Å². The molecule has 1 aliphatic heterocycles. The Hall–Kier alpha value is -2.25. The minimum absolute atomic E-state index is 0.0585. The van der Waals surface area contributed by atoms with Gasteiger partial charge in [0.1, 0.15) is 5.82 Å². The molecule has 0 saturated carbocycles. The van der Waals surface area contributed by atoms with Crippen LogP contribution in [0, 0.1) is 5.82 Å². The van der Waals surface area contributed by atoms with Crippen LogP contribution in [0.3, 0.4) is 0 Å². The lowest BCUT2D eigenvalue weighted by Crippen LogP contribution is -2.51. The molecule has 2 aromatic rings. The summed E-state index contributed by atoms with van der Waals surface area (Å²) in [6.45, 7) is 1.23. The molecule has 3 rings (SSSR count). The number of carbonyl (C=O) groups is 1. The number of halogens is 1. The van der Waals surface area contributed by atoms with Crippen molar-refractivity contribution in [2.45, 2.75) is 6.42 Å². The zero-order valence-electron chi connectivity index (χ0n) is 14.3. The molecule has 0 atom stereocenters. The van der Waals surface area contributed by atoms with Crippen molar-refractivity contribution < 1.29 is 17.6 Å². The van der Waals surface area contributed by atoms with Gasteiger partial charge in [0.05, 0.1) is 5.75 Å². The molecular formula is C19H21FN2O3S. The summed E-state index contributed by atoms with van der Waals surface area (Å²) in [6, 6.07) is 14.9. The fourth-order valence-corrected chi connectivity index (χ4v) is 4.44. The summed E-state index contributed by atoms with van der Waals surface area (Å²) in [5, 5.41) is 0. The van der Waals surface area contributed by atoms with Crippen LogP contribution >= 0.6 is 0 Å². The number of sulfonamides is 1. The Kier molecular flexibility index (Phi) is 5.68. The topological polar surface area (TPSA) is 57.7 Å². The van der Waals surface area contributed by atoms with Crippen molar-refractivity contribution in [1.29, 1.82) is 0 Å². The smallest absolute Gasteiger partial charge is 0.253 e. The first-order valence-corrected chi connectivity index (χ1v) is 10.1. The van der Waals surface area contributed by atoms with Crippen molar-refractivity contribution >= 4 is 15.9 Å². The summed E-state index contributed by atoms with van der Waals surface area (Å²) < 4.78 is 39.5. The van der Waals surface area contributed by atoms with Gasteiger partial charge in [0.2, 0.25) is 10.0 Å². The number of piperazine rings is 1. The van der Waals surface area contributed by atoms with Crippen LogP contribution < -0.4 is 0 Å². The highest BCUT2D eigenvalue weighted by Crippen LogP contribution is 2.13. The number of hydrogen-bond acceptors (Lipinski definition) is 3. The van der Waals surface area contributed by atoms with E-state index in [1.165, 1.54) is 28.6 Å². The molecule has 1 aliphatic rings. The van der Waals surface area contributed by atoms with Gasteiger partial charge in [0.15, 0.2) is 0 Å². The third kappa shape index (κ3) is 4.47. The number of rotatable bonds is 5.